The number of methoxy groups -OCH3 is 1. The molecule has 2 aromatic carbocycles. The van der Waals surface area contributed by atoms with Crippen LogP contribution in [0.25, 0.3) is 20.7 Å². The van der Waals surface area contributed by atoms with Crippen molar-refractivity contribution < 1.29 is 4.74 Å². The zero-order chi connectivity index (χ0) is 17.2. The molecule has 0 aliphatic carbocycles. The van der Waals surface area contributed by atoms with Gasteiger partial charge < -0.3 is 4.74 Å². The summed E-state index contributed by atoms with van der Waals surface area (Å²) < 4.78 is 7.57. The normalized spacial score (nSPS) is 10.9. The summed E-state index contributed by atoms with van der Waals surface area (Å²) >= 11 is 1.49. The van der Waals surface area contributed by atoms with E-state index in [9.17, 15) is 4.79 Å². The van der Waals surface area contributed by atoms with Gasteiger partial charge in [0, 0.05) is 4.88 Å². The van der Waals surface area contributed by atoms with Crippen molar-refractivity contribution in [3.63, 3.8) is 0 Å². The van der Waals surface area contributed by atoms with Crippen LogP contribution >= 0.6 is 11.3 Å². The molecule has 124 valence electrons. The summed E-state index contributed by atoms with van der Waals surface area (Å²) in [5, 5.41) is 0. The fourth-order valence-electron chi connectivity index (χ4n) is 2.77. The molecule has 2 aromatic heterocycles. The predicted molar refractivity (Wildman–Crippen MR) is 101 cm³/mol. The van der Waals surface area contributed by atoms with Gasteiger partial charge in [-0.1, -0.05) is 42.5 Å². The second-order valence-corrected chi connectivity index (χ2v) is 6.77. The van der Waals surface area contributed by atoms with E-state index in [-0.39, 0.29) is 5.56 Å². The summed E-state index contributed by atoms with van der Waals surface area (Å²) in [6.07, 6.45) is 1.62. The summed E-state index contributed by atoms with van der Waals surface area (Å²) in [5.74, 6) is 0.780. The number of rotatable bonds is 4. The van der Waals surface area contributed by atoms with Crippen LogP contribution in [0.5, 0.6) is 5.75 Å². The number of hydrogen-bond donors (Lipinski definition) is 0. The molecule has 0 radical (unpaired) electrons. The van der Waals surface area contributed by atoms with Crippen molar-refractivity contribution in [1.82, 2.24) is 9.55 Å². The van der Waals surface area contributed by atoms with Gasteiger partial charge in [0.25, 0.3) is 5.56 Å². The molecule has 2 heterocycles. The SMILES string of the molecule is COc1cccc(Cn2cnc3cc(-c4ccccc4)sc3c2=O)c1. The molecule has 5 heteroatoms. The van der Waals surface area contributed by atoms with Gasteiger partial charge in [0.05, 0.1) is 25.5 Å². The Hall–Kier alpha value is -2.92. The lowest BCUT2D eigenvalue weighted by molar-refractivity contribution is 0.414. The topological polar surface area (TPSA) is 44.1 Å². The van der Waals surface area contributed by atoms with Gasteiger partial charge >= 0.3 is 0 Å². The number of ether oxygens (including phenoxy) is 1. The van der Waals surface area contributed by atoms with E-state index in [4.69, 9.17) is 4.74 Å². The molecule has 0 aliphatic heterocycles. The molecule has 0 N–H and O–H groups in total. The second-order valence-electron chi connectivity index (χ2n) is 5.72. The summed E-state index contributed by atoms with van der Waals surface area (Å²) in [5.41, 5.74) is 2.84. The minimum absolute atomic E-state index is 0.0139. The number of benzene rings is 2. The standard InChI is InChI=1S/C20H16N2O2S/c1-24-16-9-5-6-14(10-16)12-22-13-21-17-11-18(25-19(17)20(22)23)15-7-3-2-4-8-15/h2-11,13H,12H2,1H3. The third-order valence-corrected chi connectivity index (χ3v) is 5.21. The number of hydrogen-bond acceptors (Lipinski definition) is 4. The Morgan fingerprint density at radius 1 is 1.08 bits per heavy atom. The number of thiophene rings is 1. The van der Waals surface area contributed by atoms with Gasteiger partial charge in [-0.3, -0.25) is 9.36 Å². The molecule has 25 heavy (non-hydrogen) atoms. The van der Waals surface area contributed by atoms with Crippen molar-refractivity contribution in [3.05, 3.63) is 82.9 Å². The maximum absolute atomic E-state index is 12.8. The summed E-state index contributed by atoms with van der Waals surface area (Å²) in [4.78, 5) is 18.4. The molecule has 0 amide bonds. The van der Waals surface area contributed by atoms with Crippen molar-refractivity contribution >= 4 is 21.6 Å². The largest absolute Gasteiger partial charge is 0.497 e. The lowest BCUT2D eigenvalue weighted by Crippen LogP contribution is -2.20. The fourth-order valence-corrected chi connectivity index (χ4v) is 3.84. The minimum Gasteiger partial charge on any atom is -0.497 e. The Morgan fingerprint density at radius 2 is 1.92 bits per heavy atom. The second kappa shape index (κ2) is 6.53. The zero-order valence-electron chi connectivity index (χ0n) is 13.7. The zero-order valence-corrected chi connectivity index (χ0v) is 14.5. The van der Waals surface area contributed by atoms with Crippen molar-refractivity contribution in [2.24, 2.45) is 0 Å². The van der Waals surface area contributed by atoms with E-state index in [2.05, 4.69) is 4.98 Å². The Morgan fingerprint density at radius 3 is 2.72 bits per heavy atom. The highest BCUT2D eigenvalue weighted by Gasteiger charge is 2.11. The number of nitrogens with zero attached hydrogens (tertiary/aromatic N) is 2. The molecule has 0 bridgehead atoms. The van der Waals surface area contributed by atoms with Crippen LogP contribution in [0.2, 0.25) is 0 Å². The maximum Gasteiger partial charge on any atom is 0.271 e. The molecule has 0 unspecified atom stereocenters. The van der Waals surface area contributed by atoms with E-state index in [1.807, 2.05) is 60.7 Å². The molecule has 0 atom stereocenters. The van der Waals surface area contributed by atoms with E-state index >= 15 is 0 Å². The third-order valence-electron chi connectivity index (χ3n) is 4.05. The van der Waals surface area contributed by atoms with Crippen molar-refractivity contribution in [2.75, 3.05) is 7.11 Å². The van der Waals surface area contributed by atoms with E-state index in [0.717, 1.165) is 27.3 Å². The van der Waals surface area contributed by atoms with E-state index in [0.29, 0.717) is 11.2 Å². The van der Waals surface area contributed by atoms with E-state index < -0.39 is 0 Å². The highest BCUT2D eigenvalue weighted by atomic mass is 32.1. The highest BCUT2D eigenvalue weighted by molar-refractivity contribution is 7.22. The van der Waals surface area contributed by atoms with Crippen molar-refractivity contribution in [3.8, 4) is 16.2 Å². The molecular weight excluding hydrogens is 332 g/mol. The first-order chi connectivity index (χ1) is 12.2. The average molecular weight is 348 g/mol. The van der Waals surface area contributed by atoms with Crippen LogP contribution < -0.4 is 10.3 Å². The van der Waals surface area contributed by atoms with E-state index in [1.165, 1.54) is 11.3 Å². The maximum atomic E-state index is 12.8. The van der Waals surface area contributed by atoms with Crippen LogP contribution in [0.3, 0.4) is 0 Å². The van der Waals surface area contributed by atoms with Gasteiger partial charge in [0.2, 0.25) is 0 Å². The number of aromatic nitrogens is 2. The first-order valence-corrected chi connectivity index (χ1v) is 8.73. The molecule has 4 rings (SSSR count). The molecule has 4 aromatic rings. The minimum atomic E-state index is -0.0139. The molecular formula is C20H16N2O2S. The quantitative estimate of drug-likeness (QED) is 0.556. The molecule has 0 spiro atoms. The smallest absolute Gasteiger partial charge is 0.271 e. The van der Waals surface area contributed by atoms with Crippen LogP contribution in [-0.2, 0) is 6.54 Å². The van der Waals surface area contributed by atoms with Gasteiger partial charge in [-0.05, 0) is 29.3 Å². The van der Waals surface area contributed by atoms with Gasteiger partial charge in [0.15, 0.2) is 0 Å². The van der Waals surface area contributed by atoms with Gasteiger partial charge in [-0.15, -0.1) is 11.3 Å². The highest BCUT2D eigenvalue weighted by Crippen LogP contribution is 2.30. The first-order valence-electron chi connectivity index (χ1n) is 7.92. The average Bonchev–Trinajstić information content (AvgIpc) is 3.10. The summed E-state index contributed by atoms with van der Waals surface area (Å²) in [6.45, 7) is 0.470. The number of fused-ring (bicyclic) bond motifs is 1. The Kier molecular flexibility index (Phi) is 4.07. The predicted octanol–water partition coefficient (Wildman–Crippen LogP) is 4.18. The first kappa shape index (κ1) is 15.6. The van der Waals surface area contributed by atoms with E-state index in [1.54, 1.807) is 18.0 Å². The van der Waals surface area contributed by atoms with Crippen molar-refractivity contribution in [2.45, 2.75) is 6.54 Å². The lowest BCUT2D eigenvalue weighted by Gasteiger charge is -2.07. The van der Waals surface area contributed by atoms with Gasteiger partial charge in [-0.25, -0.2) is 4.98 Å². The van der Waals surface area contributed by atoms with Crippen LogP contribution in [0.15, 0.2) is 71.8 Å². The van der Waals surface area contributed by atoms with Crippen LogP contribution in [0, 0.1) is 0 Å². The molecule has 0 saturated carbocycles. The van der Waals surface area contributed by atoms with Gasteiger partial charge in [0.1, 0.15) is 10.4 Å². The van der Waals surface area contributed by atoms with Crippen LogP contribution in [0.1, 0.15) is 5.56 Å². The summed E-state index contributed by atoms with van der Waals surface area (Å²) in [6, 6.07) is 19.7. The fraction of sp³-hybridized carbons (Fsp3) is 0.100. The Balaban J connectivity index is 1.74. The van der Waals surface area contributed by atoms with Crippen LogP contribution in [0.4, 0.5) is 0 Å². The molecule has 0 saturated heterocycles. The van der Waals surface area contributed by atoms with Crippen LogP contribution in [-0.4, -0.2) is 16.7 Å². The summed E-state index contributed by atoms with van der Waals surface area (Å²) in [7, 11) is 1.63. The molecule has 0 aliphatic rings. The monoisotopic (exact) mass is 348 g/mol. The third kappa shape index (κ3) is 3.06. The Bertz CT molecular complexity index is 1080. The Labute approximate surface area is 149 Å². The molecule has 0 fully saturated rings. The molecule has 4 nitrogen and oxygen atoms in total. The van der Waals surface area contributed by atoms with Gasteiger partial charge in [-0.2, -0.15) is 0 Å². The van der Waals surface area contributed by atoms with Crippen molar-refractivity contribution in [1.29, 1.82) is 0 Å². The lowest BCUT2D eigenvalue weighted by atomic mass is 10.2.